The molecule has 0 bridgehead atoms. The van der Waals surface area contributed by atoms with Crippen LogP contribution in [-0.2, 0) is 28.6 Å². The van der Waals surface area contributed by atoms with Gasteiger partial charge in [0.05, 0.1) is 40.3 Å². The average Bonchev–Trinajstić information content (AvgIpc) is 3.09. The molecule has 52 heavy (non-hydrogen) atoms. The summed E-state index contributed by atoms with van der Waals surface area (Å²) in [5.74, 6) is -1.73. The van der Waals surface area contributed by atoms with E-state index in [4.69, 9.17) is 14.2 Å². The molecule has 0 saturated heterocycles. The van der Waals surface area contributed by atoms with Crippen molar-refractivity contribution < 1.29 is 38.2 Å². The van der Waals surface area contributed by atoms with Gasteiger partial charge in [0, 0.05) is 19.3 Å². The Morgan fingerprint density at radius 2 is 0.962 bits per heavy atom. The summed E-state index contributed by atoms with van der Waals surface area (Å²) < 4.78 is 17.1. The van der Waals surface area contributed by atoms with Gasteiger partial charge in [0.15, 0.2) is 6.10 Å². The van der Waals surface area contributed by atoms with Crippen LogP contribution in [-0.4, -0.2) is 75.5 Å². The number of nitrogens with zero attached hydrogens (tertiary/aromatic N) is 1. The van der Waals surface area contributed by atoms with E-state index in [9.17, 15) is 19.5 Å². The first-order valence-electron chi connectivity index (χ1n) is 21.7. The van der Waals surface area contributed by atoms with Gasteiger partial charge >= 0.3 is 11.9 Å². The van der Waals surface area contributed by atoms with E-state index in [0.717, 1.165) is 51.4 Å². The number of carboxylic acid groups (broad SMARTS) is 1. The predicted molar refractivity (Wildman–Crippen MR) is 213 cm³/mol. The number of unbranched alkanes of at least 4 members (excludes halogenated alkanes) is 23. The zero-order valence-corrected chi connectivity index (χ0v) is 34.7. The number of quaternary nitrogens is 1. The maximum absolute atomic E-state index is 12.7. The third-order valence-electron chi connectivity index (χ3n) is 9.90. The molecule has 0 radical (unpaired) electrons. The molecule has 0 saturated carbocycles. The monoisotopic (exact) mass is 738 g/mol. The fourth-order valence-electron chi connectivity index (χ4n) is 6.48. The van der Waals surface area contributed by atoms with Crippen LogP contribution in [0.2, 0.25) is 0 Å². The molecular formula is C44H83NO7. The highest BCUT2D eigenvalue weighted by atomic mass is 16.6. The van der Waals surface area contributed by atoms with Gasteiger partial charge in [-0.3, -0.25) is 9.59 Å². The van der Waals surface area contributed by atoms with Crippen molar-refractivity contribution in [2.24, 2.45) is 0 Å². The minimum Gasteiger partial charge on any atom is -0.544 e. The molecule has 0 N–H and O–H groups in total. The minimum atomic E-state index is -1.12. The van der Waals surface area contributed by atoms with Gasteiger partial charge in [-0.25, -0.2) is 0 Å². The molecule has 306 valence electrons. The van der Waals surface area contributed by atoms with Crippen molar-refractivity contribution in [2.45, 2.75) is 212 Å². The first kappa shape index (κ1) is 50.1. The van der Waals surface area contributed by atoms with E-state index in [2.05, 4.69) is 26.0 Å². The summed E-state index contributed by atoms with van der Waals surface area (Å²) in [6.07, 6.45) is 36.5. The number of esters is 2. The lowest BCUT2D eigenvalue weighted by Gasteiger charge is -2.34. The van der Waals surface area contributed by atoms with Gasteiger partial charge < -0.3 is 28.6 Å². The van der Waals surface area contributed by atoms with E-state index in [1.165, 1.54) is 116 Å². The number of hydrogen-bond acceptors (Lipinski definition) is 7. The Kier molecular flexibility index (Phi) is 34.7. The molecule has 0 aromatic rings. The topological polar surface area (TPSA) is 102 Å². The summed E-state index contributed by atoms with van der Waals surface area (Å²) in [5.41, 5.74) is 0. The SMILES string of the molecule is CCCCCCCC/C=C\CCCCCCCC(=O)OC(COCCC(C(=O)[O-])[N+](C)(C)C)COC(=O)CCCCCCCCCCCCCCC. The number of hydrogen-bond donors (Lipinski definition) is 0. The van der Waals surface area contributed by atoms with Crippen LogP contribution in [0.15, 0.2) is 12.2 Å². The summed E-state index contributed by atoms with van der Waals surface area (Å²) in [6, 6.07) is -0.722. The Balaban J connectivity index is 4.35. The fraction of sp³-hybridized carbons (Fsp3) is 0.886. The Morgan fingerprint density at radius 1 is 0.558 bits per heavy atom. The van der Waals surface area contributed by atoms with Gasteiger partial charge in [0.2, 0.25) is 0 Å². The summed E-state index contributed by atoms with van der Waals surface area (Å²) in [5, 5.41) is 11.6. The van der Waals surface area contributed by atoms with Crippen LogP contribution in [0.3, 0.4) is 0 Å². The first-order chi connectivity index (χ1) is 25.1. The predicted octanol–water partition coefficient (Wildman–Crippen LogP) is 10.2. The van der Waals surface area contributed by atoms with Gasteiger partial charge in [0.1, 0.15) is 12.6 Å². The van der Waals surface area contributed by atoms with Crippen LogP contribution in [0.25, 0.3) is 0 Å². The first-order valence-corrected chi connectivity index (χ1v) is 21.7. The third kappa shape index (κ3) is 33.9. The highest BCUT2D eigenvalue weighted by Crippen LogP contribution is 2.15. The van der Waals surface area contributed by atoms with Gasteiger partial charge in [-0.15, -0.1) is 0 Å². The quantitative estimate of drug-likeness (QED) is 0.0268. The van der Waals surface area contributed by atoms with Crippen molar-refractivity contribution in [3.63, 3.8) is 0 Å². The van der Waals surface area contributed by atoms with Gasteiger partial charge in [-0.05, 0) is 38.5 Å². The molecule has 0 aromatic heterocycles. The zero-order valence-electron chi connectivity index (χ0n) is 34.7. The van der Waals surface area contributed by atoms with Crippen LogP contribution in [0.5, 0.6) is 0 Å². The Morgan fingerprint density at radius 3 is 1.38 bits per heavy atom. The minimum absolute atomic E-state index is 0.0427. The van der Waals surface area contributed by atoms with Crippen molar-refractivity contribution in [3.8, 4) is 0 Å². The fourth-order valence-corrected chi connectivity index (χ4v) is 6.48. The van der Waals surface area contributed by atoms with E-state index in [1.54, 1.807) is 21.1 Å². The number of aliphatic carboxylic acids is 1. The molecule has 0 aromatic carbocycles. The number of ether oxygens (including phenoxy) is 3. The van der Waals surface area contributed by atoms with Crippen molar-refractivity contribution in [3.05, 3.63) is 12.2 Å². The highest BCUT2D eigenvalue weighted by molar-refractivity contribution is 5.70. The molecular weight excluding hydrogens is 654 g/mol. The number of carbonyl (C=O) groups is 3. The molecule has 0 aliphatic carbocycles. The number of carbonyl (C=O) groups excluding carboxylic acids is 3. The second kappa shape index (κ2) is 36.1. The van der Waals surface area contributed by atoms with Crippen molar-refractivity contribution in [2.75, 3.05) is 41.0 Å². The molecule has 0 amide bonds. The lowest BCUT2D eigenvalue weighted by atomic mass is 10.0. The molecule has 0 aliphatic rings. The normalized spacial score (nSPS) is 13.0. The molecule has 2 unspecified atom stereocenters. The van der Waals surface area contributed by atoms with Gasteiger partial charge in [-0.1, -0.05) is 154 Å². The Labute approximate surface area is 320 Å². The molecule has 0 rings (SSSR count). The van der Waals surface area contributed by atoms with Crippen molar-refractivity contribution in [1.29, 1.82) is 0 Å². The number of allylic oxidation sites excluding steroid dienone is 2. The van der Waals surface area contributed by atoms with Crippen molar-refractivity contribution >= 4 is 17.9 Å². The number of rotatable bonds is 39. The number of likely N-dealkylation sites (N-methyl/N-ethyl adjacent to an activating group) is 1. The van der Waals surface area contributed by atoms with E-state index in [1.807, 2.05) is 0 Å². The maximum atomic E-state index is 12.7. The maximum Gasteiger partial charge on any atom is 0.306 e. The molecule has 0 fully saturated rings. The number of carboxylic acids is 1. The zero-order chi connectivity index (χ0) is 38.5. The van der Waals surface area contributed by atoms with Gasteiger partial charge in [-0.2, -0.15) is 0 Å². The summed E-state index contributed by atoms with van der Waals surface area (Å²) in [6.45, 7) is 4.66. The second-order valence-electron chi connectivity index (χ2n) is 15.9. The lowest BCUT2D eigenvalue weighted by molar-refractivity contribution is -0.889. The van der Waals surface area contributed by atoms with Crippen LogP contribution in [0.4, 0.5) is 0 Å². The average molecular weight is 738 g/mol. The Hall–Kier alpha value is -1.93. The van der Waals surface area contributed by atoms with Crippen LogP contribution < -0.4 is 5.11 Å². The molecule has 0 heterocycles. The lowest BCUT2D eigenvalue weighted by Crippen LogP contribution is -2.55. The van der Waals surface area contributed by atoms with Crippen LogP contribution in [0.1, 0.15) is 200 Å². The molecule has 0 aliphatic heterocycles. The molecule has 8 nitrogen and oxygen atoms in total. The summed E-state index contributed by atoms with van der Waals surface area (Å²) in [7, 11) is 5.41. The van der Waals surface area contributed by atoms with Crippen molar-refractivity contribution in [1.82, 2.24) is 0 Å². The van der Waals surface area contributed by atoms with E-state index in [0.29, 0.717) is 12.8 Å². The van der Waals surface area contributed by atoms with Crippen LogP contribution in [0, 0.1) is 0 Å². The van der Waals surface area contributed by atoms with Crippen LogP contribution >= 0.6 is 0 Å². The Bertz CT molecular complexity index is 869. The molecule has 0 spiro atoms. The largest absolute Gasteiger partial charge is 0.544 e. The third-order valence-corrected chi connectivity index (χ3v) is 9.90. The molecule has 8 heteroatoms. The standard InChI is InChI=1S/C44H83NO7/c1-6-8-10-12-14-16-18-20-21-23-25-27-29-31-33-35-43(47)52-40(38-50-37-36-41(44(48)49)45(3,4)5)39-51-42(46)34-32-30-28-26-24-22-19-17-15-13-11-9-7-2/h20-21,40-41H,6-19,22-39H2,1-5H3/b21-20-. The smallest absolute Gasteiger partial charge is 0.306 e. The van der Waals surface area contributed by atoms with E-state index in [-0.39, 0.29) is 42.7 Å². The van der Waals surface area contributed by atoms with Gasteiger partial charge in [0.25, 0.3) is 0 Å². The summed E-state index contributed by atoms with van der Waals surface area (Å²) in [4.78, 5) is 36.8. The highest BCUT2D eigenvalue weighted by Gasteiger charge is 2.25. The van der Waals surface area contributed by atoms with E-state index >= 15 is 0 Å². The van der Waals surface area contributed by atoms with E-state index < -0.39 is 18.1 Å². The molecule has 2 atom stereocenters. The summed E-state index contributed by atoms with van der Waals surface area (Å²) >= 11 is 0. The second-order valence-corrected chi connectivity index (χ2v) is 15.9.